The van der Waals surface area contributed by atoms with Gasteiger partial charge in [-0.15, -0.1) is 11.3 Å². The SMILES string of the molecule is CCc1cnc(C(C)Nc2ncc(F)cn2)s1. The molecule has 0 bridgehead atoms. The van der Waals surface area contributed by atoms with Gasteiger partial charge >= 0.3 is 0 Å². The number of rotatable bonds is 4. The average Bonchev–Trinajstić information content (AvgIpc) is 2.81. The van der Waals surface area contributed by atoms with Crippen LogP contribution in [0.1, 0.15) is 29.8 Å². The van der Waals surface area contributed by atoms with E-state index in [2.05, 4.69) is 27.2 Å². The fourth-order valence-electron chi connectivity index (χ4n) is 1.33. The van der Waals surface area contributed by atoms with Crippen LogP contribution in [0.2, 0.25) is 0 Å². The number of hydrogen-bond donors (Lipinski definition) is 1. The highest BCUT2D eigenvalue weighted by Crippen LogP contribution is 2.22. The Bertz CT molecular complexity index is 482. The molecule has 0 saturated carbocycles. The van der Waals surface area contributed by atoms with Crippen LogP contribution in [0.4, 0.5) is 10.3 Å². The highest BCUT2D eigenvalue weighted by molar-refractivity contribution is 7.11. The molecule has 1 atom stereocenters. The van der Waals surface area contributed by atoms with Crippen molar-refractivity contribution in [2.24, 2.45) is 0 Å². The fraction of sp³-hybridized carbons (Fsp3) is 0.364. The number of thiazole rings is 1. The van der Waals surface area contributed by atoms with E-state index >= 15 is 0 Å². The maximum atomic E-state index is 12.6. The normalized spacial score (nSPS) is 12.4. The molecule has 0 fully saturated rings. The largest absolute Gasteiger partial charge is 0.345 e. The van der Waals surface area contributed by atoms with Crippen LogP contribution in [-0.4, -0.2) is 15.0 Å². The first-order valence-electron chi connectivity index (χ1n) is 5.37. The van der Waals surface area contributed by atoms with Crippen LogP contribution in [0.25, 0.3) is 0 Å². The van der Waals surface area contributed by atoms with Gasteiger partial charge in [0.15, 0.2) is 5.82 Å². The van der Waals surface area contributed by atoms with Crippen LogP contribution >= 0.6 is 11.3 Å². The first-order valence-corrected chi connectivity index (χ1v) is 6.19. The maximum Gasteiger partial charge on any atom is 0.223 e. The van der Waals surface area contributed by atoms with Gasteiger partial charge < -0.3 is 5.32 Å². The van der Waals surface area contributed by atoms with Gasteiger partial charge in [0, 0.05) is 11.1 Å². The van der Waals surface area contributed by atoms with Crippen LogP contribution in [0.5, 0.6) is 0 Å². The van der Waals surface area contributed by atoms with Gasteiger partial charge in [-0.1, -0.05) is 6.92 Å². The third-order valence-electron chi connectivity index (χ3n) is 2.26. The minimum Gasteiger partial charge on any atom is -0.345 e. The monoisotopic (exact) mass is 252 g/mol. The Morgan fingerprint density at radius 2 is 2.00 bits per heavy atom. The van der Waals surface area contributed by atoms with Crippen molar-refractivity contribution >= 4 is 17.3 Å². The summed E-state index contributed by atoms with van der Waals surface area (Å²) in [5.41, 5.74) is 0. The third-order valence-corrected chi connectivity index (χ3v) is 3.58. The van der Waals surface area contributed by atoms with Gasteiger partial charge in [-0.3, -0.25) is 0 Å². The van der Waals surface area contributed by atoms with Gasteiger partial charge in [0.25, 0.3) is 0 Å². The molecule has 0 aliphatic heterocycles. The third kappa shape index (κ3) is 2.97. The summed E-state index contributed by atoms with van der Waals surface area (Å²) in [7, 11) is 0. The van der Waals surface area contributed by atoms with E-state index in [9.17, 15) is 4.39 Å². The highest BCUT2D eigenvalue weighted by Gasteiger charge is 2.11. The molecule has 1 unspecified atom stereocenters. The van der Waals surface area contributed by atoms with Crippen LogP contribution in [-0.2, 0) is 6.42 Å². The summed E-state index contributed by atoms with van der Waals surface area (Å²) in [6, 6.07) is 0.0192. The highest BCUT2D eigenvalue weighted by atomic mass is 32.1. The molecule has 0 radical (unpaired) electrons. The molecule has 0 saturated heterocycles. The molecule has 0 aliphatic rings. The molecule has 0 aromatic carbocycles. The van der Waals surface area contributed by atoms with Crippen LogP contribution in [0.3, 0.4) is 0 Å². The number of nitrogens with zero attached hydrogens (tertiary/aromatic N) is 3. The maximum absolute atomic E-state index is 12.6. The van der Waals surface area contributed by atoms with Gasteiger partial charge in [0.1, 0.15) is 5.01 Å². The topological polar surface area (TPSA) is 50.7 Å². The lowest BCUT2D eigenvalue weighted by atomic mass is 10.3. The van der Waals surface area contributed by atoms with E-state index in [1.54, 1.807) is 11.3 Å². The molecule has 6 heteroatoms. The number of aryl methyl sites for hydroxylation is 1. The number of halogens is 1. The van der Waals surface area contributed by atoms with E-state index in [1.807, 2.05) is 13.1 Å². The lowest BCUT2D eigenvalue weighted by Gasteiger charge is -2.10. The second-order valence-electron chi connectivity index (χ2n) is 3.61. The van der Waals surface area contributed by atoms with Gasteiger partial charge in [-0.25, -0.2) is 19.3 Å². The predicted octanol–water partition coefficient (Wildman–Crippen LogP) is 2.81. The molecule has 2 heterocycles. The summed E-state index contributed by atoms with van der Waals surface area (Å²) < 4.78 is 12.6. The van der Waals surface area contributed by atoms with Crippen molar-refractivity contribution in [1.29, 1.82) is 0 Å². The first-order chi connectivity index (χ1) is 8.19. The van der Waals surface area contributed by atoms with Crippen molar-refractivity contribution in [3.05, 3.63) is 34.3 Å². The van der Waals surface area contributed by atoms with E-state index in [-0.39, 0.29) is 6.04 Å². The lowest BCUT2D eigenvalue weighted by molar-refractivity contribution is 0.613. The van der Waals surface area contributed by atoms with Gasteiger partial charge in [0.2, 0.25) is 5.95 Å². The lowest BCUT2D eigenvalue weighted by Crippen LogP contribution is -2.08. The number of aromatic nitrogens is 3. The molecule has 0 spiro atoms. The Kier molecular flexibility index (Phi) is 3.63. The van der Waals surface area contributed by atoms with Gasteiger partial charge in [0.05, 0.1) is 18.4 Å². The Labute approximate surface area is 103 Å². The van der Waals surface area contributed by atoms with E-state index in [1.165, 1.54) is 4.88 Å². The zero-order valence-electron chi connectivity index (χ0n) is 9.64. The number of anilines is 1. The molecule has 1 N–H and O–H groups in total. The summed E-state index contributed by atoms with van der Waals surface area (Å²) in [5.74, 6) is -0.0298. The standard InChI is InChI=1S/C11H13FN4S/c1-3-9-6-13-10(17-9)7(2)16-11-14-4-8(12)5-15-11/h4-7H,3H2,1-2H3,(H,14,15,16). The summed E-state index contributed by atoms with van der Waals surface area (Å²) in [6.45, 7) is 4.07. The van der Waals surface area contributed by atoms with Crippen molar-refractivity contribution in [2.75, 3.05) is 5.32 Å². The minimum atomic E-state index is -0.439. The molecule has 2 aromatic heterocycles. The van der Waals surface area contributed by atoms with Crippen LogP contribution in [0.15, 0.2) is 18.6 Å². The van der Waals surface area contributed by atoms with Crippen molar-refractivity contribution in [2.45, 2.75) is 26.3 Å². The summed E-state index contributed by atoms with van der Waals surface area (Å²) in [5, 5.41) is 4.06. The van der Waals surface area contributed by atoms with E-state index in [0.29, 0.717) is 5.95 Å². The molecule has 2 rings (SSSR count). The summed E-state index contributed by atoms with van der Waals surface area (Å²) in [4.78, 5) is 13.3. The molecule has 2 aromatic rings. The van der Waals surface area contributed by atoms with Crippen LogP contribution in [0, 0.1) is 5.82 Å². The Morgan fingerprint density at radius 3 is 2.59 bits per heavy atom. The molecular weight excluding hydrogens is 239 g/mol. The number of hydrogen-bond acceptors (Lipinski definition) is 5. The van der Waals surface area contributed by atoms with Gasteiger partial charge in [-0.05, 0) is 13.3 Å². The van der Waals surface area contributed by atoms with Crippen molar-refractivity contribution in [1.82, 2.24) is 15.0 Å². The fourth-order valence-corrected chi connectivity index (χ4v) is 2.19. The molecule has 90 valence electrons. The second kappa shape index (κ2) is 5.18. The van der Waals surface area contributed by atoms with Crippen molar-refractivity contribution < 1.29 is 4.39 Å². The number of nitrogens with one attached hydrogen (secondary N) is 1. The summed E-state index contributed by atoms with van der Waals surface area (Å²) >= 11 is 1.66. The first kappa shape index (κ1) is 11.9. The van der Waals surface area contributed by atoms with E-state index in [4.69, 9.17) is 0 Å². The Morgan fingerprint density at radius 1 is 1.29 bits per heavy atom. The molecule has 4 nitrogen and oxygen atoms in total. The average molecular weight is 252 g/mol. The second-order valence-corrected chi connectivity index (χ2v) is 4.76. The van der Waals surface area contributed by atoms with Crippen LogP contribution < -0.4 is 5.32 Å². The summed E-state index contributed by atoms with van der Waals surface area (Å²) in [6.07, 6.45) is 5.14. The molecular formula is C11H13FN4S. The smallest absolute Gasteiger partial charge is 0.223 e. The molecule has 0 aliphatic carbocycles. The zero-order chi connectivity index (χ0) is 12.3. The predicted molar refractivity (Wildman–Crippen MR) is 65.5 cm³/mol. The van der Waals surface area contributed by atoms with E-state index in [0.717, 1.165) is 23.8 Å². The van der Waals surface area contributed by atoms with Gasteiger partial charge in [-0.2, -0.15) is 0 Å². The zero-order valence-corrected chi connectivity index (χ0v) is 10.5. The molecule has 0 amide bonds. The Hall–Kier alpha value is -1.56. The quantitative estimate of drug-likeness (QED) is 0.909. The minimum absolute atomic E-state index is 0.0192. The van der Waals surface area contributed by atoms with E-state index < -0.39 is 5.82 Å². The Balaban J connectivity index is 2.05. The molecule has 17 heavy (non-hydrogen) atoms. The van der Waals surface area contributed by atoms with Crippen molar-refractivity contribution in [3.8, 4) is 0 Å². The van der Waals surface area contributed by atoms with Crippen molar-refractivity contribution in [3.63, 3.8) is 0 Å².